The van der Waals surface area contributed by atoms with Crippen molar-refractivity contribution in [2.75, 3.05) is 49.1 Å². The van der Waals surface area contributed by atoms with E-state index < -0.39 is 0 Å². The van der Waals surface area contributed by atoms with Crippen LogP contribution in [0.15, 0.2) is 17.2 Å². The highest BCUT2D eigenvalue weighted by atomic mass is 32.1. The lowest BCUT2D eigenvalue weighted by molar-refractivity contribution is 0.175. The molecule has 1 aromatic rings. The van der Waals surface area contributed by atoms with Crippen molar-refractivity contribution >= 4 is 34.9 Å². The Morgan fingerprint density at radius 3 is 2.30 bits per heavy atom. The van der Waals surface area contributed by atoms with Crippen LogP contribution >= 0.6 is 12.2 Å². The van der Waals surface area contributed by atoms with Crippen molar-refractivity contribution in [1.82, 2.24) is 10.3 Å². The molecule has 0 aliphatic carbocycles. The minimum absolute atomic E-state index is 0.0956. The van der Waals surface area contributed by atoms with Gasteiger partial charge < -0.3 is 15.5 Å². The molecular formula is C22H35FN6S. The van der Waals surface area contributed by atoms with E-state index in [1.165, 1.54) is 6.42 Å². The Bertz CT molecular complexity index is 737. The van der Waals surface area contributed by atoms with Gasteiger partial charge in [-0.1, -0.05) is 13.8 Å². The Kier molecular flexibility index (Phi) is 8.27. The molecule has 0 bridgehead atoms. The second-order valence-corrected chi connectivity index (χ2v) is 8.58. The van der Waals surface area contributed by atoms with Crippen molar-refractivity contribution in [3.8, 4) is 0 Å². The predicted octanol–water partition coefficient (Wildman–Crippen LogP) is 3.29. The van der Waals surface area contributed by atoms with Crippen LogP contribution in [0.2, 0.25) is 0 Å². The number of rotatable bonds is 7. The number of thiocarbonyl (C=S) groups is 1. The quantitative estimate of drug-likeness (QED) is 0.390. The first kappa shape index (κ1) is 22.7. The van der Waals surface area contributed by atoms with E-state index in [1.807, 2.05) is 6.07 Å². The van der Waals surface area contributed by atoms with Crippen LogP contribution in [0.5, 0.6) is 0 Å². The third kappa shape index (κ3) is 5.60. The molecule has 0 aromatic heterocycles. The average molecular weight is 435 g/mol. The second-order valence-electron chi connectivity index (χ2n) is 8.14. The fraction of sp³-hybridized carbons (Fsp3) is 0.636. The average Bonchev–Trinajstić information content (AvgIpc) is 2.76. The van der Waals surface area contributed by atoms with E-state index in [1.54, 1.807) is 12.3 Å². The van der Waals surface area contributed by atoms with Gasteiger partial charge in [-0.25, -0.2) is 4.39 Å². The van der Waals surface area contributed by atoms with Crippen molar-refractivity contribution in [3.63, 3.8) is 0 Å². The maximum atomic E-state index is 15.1. The molecule has 2 saturated heterocycles. The molecule has 166 valence electrons. The van der Waals surface area contributed by atoms with Crippen LogP contribution in [0.25, 0.3) is 0 Å². The van der Waals surface area contributed by atoms with Crippen molar-refractivity contribution in [2.24, 2.45) is 10.8 Å². The van der Waals surface area contributed by atoms with Gasteiger partial charge in [0.25, 0.3) is 0 Å². The summed E-state index contributed by atoms with van der Waals surface area (Å²) in [6, 6.07) is 4.23. The first-order chi connectivity index (χ1) is 14.5. The number of hydrazone groups is 1. The minimum Gasteiger partial charge on any atom is -0.375 e. The van der Waals surface area contributed by atoms with Gasteiger partial charge >= 0.3 is 0 Å². The number of piperazine rings is 1. The molecule has 0 unspecified atom stereocenters. The van der Waals surface area contributed by atoms with Gasteiger partial charge in [0.15, 0.2) is 5.11 Å². The highest BCUT2D eigenvalue weighted by Gasteiger charge is 2.25. The molecule has 0 atom stereocenters. The van der Waals surface area contributed by atoms with Crippen LogP contribution in [0.4, 0.5) is 15.8 Å². The third-order valence-corrected chi connectivity index (χ3v) is 6.38. The fourth-order valence-corrected chi connectivity index (χ4v) is 4.67. The normalized spacial score (nSPS) is 18.4. The van der Waals surface area contributed by atoms with Gasteiger partial charge in [-0.05, 0) is 56.5 Å². The summed E-state index contributed by atoms with van der Waals surface area (Å²) < 4.78 is 15.1. The number of halogens is 1. The molecule has 2 fully saturated rings. The zero-order valence-corrected chi connectivity index (χ0v) is 19.1. The van der Waals surface area contributed by atoms with Gasteiger partial charge in [0.2, 0.25) is 0 Å². The van der Waals surface area contributed by atoms with Crippen LogP contribution in [-0.2, 0) is 0 Å². The number of hydrogen-bond donors (Lipinski definition) is 2. The summed E-state index contributed by atoms with van der Waals surface area (Å²) in [6.07, 6.45) is 7.50. The van der Waals surface area contributed by atoms with Crippen molar-refractivity contribution in [2.45, 2.75) is 52.0 Å². The summed E-state index contributed by atoms with van der Waals surface area (Å²) in [4.78, 5) is 7.08. The molecule has 0 amide bonds. The standard InChI is InChI=1S/C22H35FN6S/c1-3-18(4-2)27-10-12-29(13-11-27)21-15-20(28-8-6-5-7-9-28)17(14-19(21)23)16-25-26-22(24)30/h14-16,18H,3-13H2,1-2H3,(H3,24,26,30). The van der Waals surface area contributed by atoms with E-state index in [0.717, 1.165) is 76.2 Å². The summed E-state index contributed by atoms with van der Waals surface area (Å²) in [5.41, 5.74) is 10.5. The Balaban J connectivity index is 1.83. The number of anilines is 2. The smallest absolute Gasteiger partial charge is 0.184 e. The van der Waals surface area contributed by atoms with Gasteiger partial charge in [-0.3, -0.25) is 10.3 Å². The summed E-state index contributed by atoms with van der Waals surface area (Å²) in [6.45, 7) is 10.1. The molecule has 3 rings (SSSR count). The highest BCUT2D eigenvalue weighted by Crippen LogP contribution is 2.32. The topological polar surface area (TPSA) is 60.1 Å². The van der Waals surface area contributed by atoms with Crippen molar-refractivity contribution in [1.29, 1.82) is 0 Å². The zero-order chi connectivity index (χ0) is 21.5. The monoisotopic (exact) mass is 434 g/mol. The Morgan fingerprint density at radius 2 is 1.70 bits per heavy atom. The molecule has 2 aliphatic rings. The number of nitrogens with two attached hydrogens (primary N) is 1. The Hall–Kier alpha value is -1.93. The summed E-state index contributed by atoms with van der Waals surface area (Å²) in [7, 11) is 0. The number of nitrogens with one attached hydrogen (secondary N) is 1. The molecule has 0 spiro atoms. The molecule has 0 saturated carbocycles. The molecule has 1 aromatic carbocycles. The summed E-state index contributed by atoms with van der Waals surface area (Å²) in [5.74, 6) is -0.205. The molecule has 0 radical (unpaired) electrons. The van der Waals surface area contributed by atoms with Gasteiger partial charge in [0.05, 0.1) is 11.9 Å². The Morgan fingerprint density at radius 1 is 1.07 bits per heavy atom. The first-order valence-corrected chi connectivity index (χ1v) is 11.6. The number of piperidine rings is 1. The molecule has 30 heavy (non-hydrogen) atoms. The maximum absolute atomic E-state index is 15.1. The van der Waals surface area contributed by atoms with E-state index in [9.17, 15) is 0 Å². The molecule has 3 N–H and O–H groups in total. The minimum atomic E-state index is -0.205. The molecule has 2 aliphatic heterocycles. The van der Waals surface area contributed by atoms with E-state index in [0.29, 0.717) is 11.7 Å². The van der Waals surface area contributed by atoms with E-state index in [2.05, 4.69) is 39.1 Å². The van der Waals surface area contributed by atoms with Crippen LogP contribution in [-0.4, -0.2) is 61.5 Å². The zero-order valence-electron chi connectivity index (χ0n) is 18.2. The number of hydrogen-bond acceptors (Lipinski definition) is 5. The molecule has 6 nitrogen and oxygen atoms in total. The van der Waals surface area contributed by atoms with Crippen LogP contribution in [0.1, 0.15) is 51.5 Å². The van der Waals surface area contributed by atoms with Crippen molar-refractivity contribution in [3.05, 3.63) is 23.5 Å². The molecule has 2 heterocycles. The highest BCUT2D eigenvalue weighted by molar-refractivity contribution is 7.80. The lowest BCUT2D eigenvalue weighted by Crippen LogP contribution is -2.50. The first-order valence-electron chi connectivity index (χ1n) is 11.2. The summed E-state index contributed by atoms with van der Waals surface area (Å²) >= 11 is 4.80. The second kappa shape index (κ2) is 10.9. The molecular weight excluding hydrogens is 399 g/mol. The van der Waals surface area contributed by atoms with Gasteiger partial charge in [-0.15, -0.1) is 0 Å². The van der Waals surface area contributed by atoms with Crippen LogP contribution < -0.4 is 21.0 Å². The van der Waals surface area contributed by atoms with E-state index in [-0.39, 0.29) is 10.9 Å². The van der Waals surface area contributed by atoms with Crippen LogP contribution in [0.3, 0.4) is 0 Å². The SMILES string of the molecule is CCC(CC)N1CCN(c2cc(N3CCCCC3)c(C=NNC(N)=S)cc2F)CC1. The van der Waals surface area contributed by atoms with Gasteiger partial charge in [0, 0.05) is 56.6 Å². The van der Waals surface area contributed by atoms with Gasteiger partial charge in [-0.2, -0.15) is 5.10 Å². The number of nitrogens with zero attached hydrogens (tertiary/aromatic N) is 4. The largest absolute Gasteiger partial charge is 0.375 e. The fourth-order valence-electron chi connectivity index (χ4n) is 4.62. The molecule has 8 heteroatoms. The maximum Gasteiger partial charge on any atom is 0.184 e. The lowest BCUT2D eigenvalue weighted by Gasteiger charge is -2.40. The number of benzene rings is 1. The van der Waals surface area contributed by atoms with E-state index in [4.69, 9.17) is 18.0 Å². The summed E-state index contributed by atoms with van der Waals surface area (Å²) in [5, 5.41) is 4.17. The van der Waals surface area contributed by atoms with E-state index >= 15 is 4.39 Å². The Labute approximate surface area is 185 Å². The van der Waals surface area contributed by atoms with Gasteiger partial charge in [0.1, 0.15) is 5.82 Å². The predicted molar refractivity (Wildman–Crippen MR) is 128 cm³/mol. The van der Waals surface area contributed by atoms with Crippen LogP contribution in [0, 0.1) is 5.82 Å². The van der Waals surface area contributed by atoms with Crippen molar-refractivity contribution < 1.29 is 4.39 Å². The third-order valence-electron chi connectivity index (χ3n) is 6.29. The lowest BCUT2D eigenvalue weighted by atomic mass is 10.1.